The molecule has 0 bridgehead atoms. The van der Waals surface area contributed by atoms with Gasteiger partial charge in [-0.3, -0.25) is 0 Å². The maximum absolute atomic E-state index is 6.30. The molecule has 0 spiro atoms. The highest BCUT2D eigenvalue weighted by atomic mass is 79.9. The Kier molecular flexibility index (Phi) is 4.07. The predicted molar refractivity (Wildman–Crippen MR) is 87.3 cm³/mol. The summed E-state index contributed by atoms with van der Waals surface area (Å²) in [4.78, 5) is 4.75. The molecule has 0 saturated heterocycles. The van der Waals surface area contributed by atoms with Crippen molar-refractivity contribution in [3.63, 3.8) is 0 Å². The standard InChI is InChI=1S/C15H18BrClN2/c1-5-18-14-10(15(2,3)4)8-9-12(17)7-6-11(16)13(9)19-14/h6-8H,5H2,1-4H3,(H,18,19). The third-order valence-electron chi connectivity index (χ3n) is 3.03. The van der Waals surface area contributed by atoms with E-state index in [-0.39, 0.29) is 5.41 Å². The fraction of sp³-hybridized carbons (Fsp3) is 0.400. The smallest absolute Gasteiger partial charge is 0.130 e. The summed E-state index contributed by atoms with van der Waals surface area (Å²) in [5.74, 6) is 0.936. The minimum atomic E-state index is 0.0182. The molecule has 0 amide bonds. The van der Waals surface area contributed by atoms with E-state index in [1.807, 2.05) is 12.1 Å². The Labute approximate surface area is 127 Å². The zero-order chi connectivity index (χ0) is 14.2. The average molecular weight is 342 g/mol. The molecular formula is C15H18BrClN2. The Balaban J connectivity index is 2.80. The summed E-state index contributed by atoms with van der Waals surface area (Å²) < 4.78 is 0.964. The fourth-order valence-corrected chi connectivity index (χ4v) is 2.71. The van der Waals surface area contributed by atoms with Gasteiger partial charge in [0.2, 0.25) is 0 Å². The van der Waals surface area contributed by atoms with Gasteiger partial charge in [0.25, 0.3) is 0 Å². The normalized spacial score (nSPS) is 11.9. The second-order valence-electron chi connectivity index (χ2n) is 5.59. The van der Waals surface area contributed by atoms with Gasteiger partial charge in [0.1, 0.15) is 5.82 Å². The molecule has 0 radical (unpaired) electrons. The van der Waals surface area contributed by atoms with E-state index in [1.165, 1.54) is 5.56 Å². The van der Waals surface area contributed by atoms with Crippen molar-refractivity contribution in [2.24, 2.45) is 0 Å². The minimum absolute atomic E-state index is 0.0182. The number of nitrogens with zero attached hydrogens (tertiary/aromatic N) is 1. The number of hydrogen-bond donors (Lipinski definition) is 1. The van der Waals surface area contributed by atoms with Crippen molar-refractivity contribution in [2.75, 3.05) is 11.9 Å². The molecule has 0 unspecified atom stereocenters. The SMILES string of the molecule is CCNc1nc2c(Br)ccc(Cl)c2cc1C(C)(C)C. The highest BCUT2D eigenvalue weighted by Gasteiger charge is 2.21. The van der Waals surface area contributed by atoms with Gasteiger partial charge in [0.05, 0.1) is 10.5 Å². The monoisotopic (exact) mass is 340 g/mol. The molecule has 2 rings (SSSR count). The van der Waals surface area contributed by atoms with Crippen LogP contribution in [0, 0.1) is 0 Å². The molecule has 1 aromatic heterocycles. The van der Waals surface area contributed by atoms with Crippen LogP contribution in [0.15, 0.2) is 22.7 Å². The topological polar surface area (TPSA) is 24.9 Å². The van der Waals surface area contributed by atoms with Crippen LogP contribution in [0.3, 0.4) is 0 Å². The van der Waals surface area contributed by atoms with Gasteiger partial charge in [-0.15, -0.1) is 0 Å². The zero-order valence-electron chi connectivity index (χ0n) is 11.6. The van der Waals surface area contributed by atoms with E-state index in [4.69, 9.17) is 16.6 Å². The summed E-state index contributed by atoms with van der Waals surface area (Å²) >= 11 is 9.84. The zero-order valence-corrected chi connectivity index (χ0v) is 14.0. The van der Waals surface area contributed by atoms with Crippen molar-refractivity contribution in [2.45, 2.75) is 33.1 Å². The predicted octanol–water partition coefficient (Wildman–Crippen LogP) is 5.38. The van der Waals surface area contributed by atoms with Crippen LogP contribution in [-0.4, -0.2) is 11.5 Å². The lowest BCUT2D eigenvalue weighted by atomic mass is 9.86. The Morgan fingerprint density at radius 3 is 2.58 bits per heavy atom. The van der Waals surface area contributed by atoms with Gasteiger partial charge in [-0.25, -0.2) is 4.98 Å². The molecule has 19 heavy (non-hydrogen) atoms. The van der Waals surface area contributed by atoms with E-state index in [0.717, 1.165) is 32.8 Å². The van der Waals surface area contributed by atoms with Crippen LogP contribution < -0.4 is 5.32 Å². The van der Waals surface area contributed by atoms with Crippen molar-refractivity contribution < 1.29 is 0 Å². The van der Waals surface area contributed by atoms with Crippen molar-refractivity contribution in [1.29, 1.82) is 0 Å². The van der Waals surface area contributed by atoms with Gasteiger partial charge in [-0.2, -0.15) is 0 Å². The van der Waals surface area contributed by atoms with E-state index in [2.05, 4.69) is 55.0 Å². The molecule has 2 nitrogen and oxygen atoms in total. The Morgan fingerprint density at radius 2 is 2.00 bits per heavy atom. The lowest BCUT2D eigenvalue weighted by Crippen LogP contribution is -2.16. The van der Waals surface area contributed by atoms with Crippen LogP contribution in [0.2, 0.25) is 5.02 Å². The Hall–Kier alpha value is -0.800. The number of aromatic nitrogens is 1. The van der Waals surface area contributed by atoms with Crippen LogP contribution in [0.1, 0.15) is 33.3 Å². The molecule has 1 aromatic carbocycles. The second-order valence-corrected chi connectivity index (χ2v) is 6.85. The Morgan fingerprint density at radius 1 is 1.32 bits per heavy atom. The molecule has 0 aliphatic rings. The minimum Gasteiger partial charge on any atom is -0.370 e. The largest absolute Gasteiger partial charge is 0.370 e. The third kappa shape index (κ3) is 2.87. The van der Waals surface area contributed by atoms with Gasteiger partial charge in [-0.1, -0.05) is 32.4 Å². The summed E-state index contributed by atoms with van der Waals surface area (Å²) in [5.41, 5.74) is 2.10. The van der Waals surface area contributed by atoms with Gasteiger partial charge >= 0.3 is 0 Å². The maximum atomic E-state index is 6.30. The quantitative estimate of drug-likeness (QED) is 0.793. The van der Waals surface area contributed by atoms with Crippen LogP contribution in [0.25, 0.3) is 10.9 Å². The number of rotatable bonds is 2. The Bertz CT molecular complexity index is 618. The first-order valence-corrected chi connectivity index (χ1v) is 7.54. The molecule has 4 heteroatoms. The molecule has 2 aromatic rings. The maximum Gasteiger partial charge on any atom is 0.130 e. The van der Waals surface area contributed by atoms with Crippen molar-refractivity contribution in [1.82, 2.24) is 4.98 Å². The van der Waals surface area contributed by atoms with E-state index in [0.29, 0.717) is 0 Å². The number of halogens is 2. The van der Waals surface area contributed by atoms with Crippen molar-refractivity contribution in [3.8, 4) is 0 Å². The van der Waals surface area contributed by atoms with Crippen LogP contribution >= 0.6 is 27.5 Å². The van der Waals surface area contributed by atoms with E-state index in [1.54, 1.807) is 0 Å². The number of anilines is 1. The summed E-state index contributed by atoms with van der Waals surface area (Å²) in [6.45, 7) is 9.47. The van der Waals surface area contributed by atoms with E-state index in [9.17, 15) is 0 Å². The van der Waals surface area contributed by atoms with Crippen LogP contribution in [0.5, 0.6) is 0 Å². The van der Waals surface area contributed by atoms with Crippen molar-refractivity contribution in [3.05, 3.63) is 33.3 Å². The number of nitrogens with one attached hydrogen (secondary N) is 1. The highest BCUT2D eigenvalue weighted by molar-refractivity contribution is 9.10. The number of fused-ring (bicyclic) bond motifs is 1. The molecule has 0 saturated carbocycles. The first-order chi connectivity index (χ1) is 8.84. The van der Waals surface area contributed by atoms with Gasteiger partial charge < -0.3 is 5.32 Å². The molecule has 0 aliphatic carbocycles. The lowest BCUT2D eigenvalue weighted by molar-refractivity contribution is 0.590. The summed E-state index contributed by atoms with van der Waals surface area (Å²) in [6.07, 6.45) is 0. The first-order valence-electron chi connectivity index (χ1n) is 6.37. The molecule has 1 N–H and O–H groups in total. The molecule has 0 fully saturated rings. The van der Waals surface area contributed by atoms with Gasteiger partial charge in [0.15, 0.2) is 0 Å². The van der Waals surface area contributed by atoms with Crippen LogP contribution in [-0.2, 0) is 5.41 Å². The summed E-state index contributed by atoms with van der Waals surface area (Å²) in [5, 5.41) is 5.07. The highest BCUT2D eigenvalue weighted by Crippen LogP contribution is 2.36. The van der Waals surface area contributed by atoms with Gasteiger partial charge in [0, 0.05) is 22.0 Å². The van der Waals surface area contributed by atoms with Gasteiger partial charge in [-0.05, 0) is 46.5 Å². The molecular weight excluding hydrogens is 324 g/mol. The molecule has 0 atom stereocenters. The fourth-order valence-electron chi connectivity index (χ4n) is 2.07. The lowest BCUT2D eigenvalue weighted by Gasteiger charge is -2.23. The molecule has 1 heterocycles. The number of hydrogen-bond acceptors (Lipinski definition) is 2. The molecule has 102 valence electrons. The third-order valence-corrected chi connectivity index (χ3v) is 4.00. The summed E-state index contributed by atoms with van der Waals surface area (Å²) in [7, 11) is 0. The van der Waals surface area contributed by atoms with E-state index >= 15 is 0 Å². The number of pyridine rings is 1. The molecule has 0 aliphatic heterocycles. The van der Waals surface area contributed by atoms with Crippen molar-refractivity contribution >= 4 is 44.3 Å². The summed E-state index contributed by atoms with van der Waals surface area (Å²) in [6, 6.07) is 5.98. The second kappa shape index (κ2) is 5.29. The average Bonchev–Trinajstić information content (AvgIpc) is 2.33. The van der Waals surface area contributed by atoms with Crippen LogP contribution in [0.4, 0.5) is 5.82 Å². The van der Waals surface area contributed by atoms with E-state index < -0.39 is 0 Å². The number of benzene rings is 1. The first kappa shape index (κ1) is 14.6.